The summed E-state index contributed by atoms with van der Waals surface area (Å²) in [6.07, 6.45) is 1.56. The van der Waals surface area contributed by atoms with Crippen LogP contribution in [-0.4, -0.2) is 34.0 Å². The van der Waals surface area contributed by atoms with E-state index in [0.29, 0.717) is 18.6 Å². The summed E-state index contributed by atoms with van der Waals surface area (Å²) in [7, 11) is 0. The van der Waals surface area contributed by atoms with Crippen LogP contribution >= 0.6 is 0 Å². The highest BCUT2D eigenvalue weighted by Gasteiger charge is 2.45. The van der Waals surface area contributed by atoms with Crippen molar-refractivity contribution in [3.05, 3.63) is 35.9 Å². The predicted molar refractivity (Wildman–Crippen MR) is 64.4 cm³/mol. The number of nitrogens with zero attached hydrogens (tertiary/aromatic N) is 1. The molecule has 0 aromatic heterocycles. The molecular formula is C14H17NO2. The summed E-state index contributed by atoms with van der Waals surface area (Å²) >= 11 is 0. The SMILES string of the molecule is O=C1C[C@H]2C[C@@H](O)[C@@H](C1)N2Cc1ccccc1. The van der Waals surface area contributed by atoms with Crippen molar-refractivity contribution in [2.24, 2.45) is 0 Å². The smallest absolute Gasteiger partial charge is 0.136 e. The summed E-state index contributed by atoms with van der Waals surface area (Å²) < 4.78 is 0. The van der Waals surface area contributed by atoms with E-state index in [-0.39, 0.29) is 18.2 Å². The number of carbonyl (C=O) groups is 1. The Balaban J connectivity index is 1.78. The van der Waals surface area contributed by atoms with Crippen LogP contribution < -0.4 is 0 Å². The Kier molecular flexibility index (Phi) is 2.73. The lowest BCUT2D eigenvalue weighted by atomic mass is 10.0. The second-order valence-electron chi connectivity index (χ2n) is 5.13. The Bertz CT molecular complexity index is 417. The fourth-order valence-electron chi connectivity index (χ4n) is 3.14. The molecule has 3 rings (SSSR count). The number of aliphatic hydroxyl groups is 1. The van der Waals surface area contributed by atoms with Gasteiger partial charge in [0.25, 0.3) is 0 Å². The number of carbonyl (C=O) groups excluding carboxylic acids is 1. The zero-order valence-corrected chi connectivity index (χ0v) is 9.75. The van der Waals surface area contributed by atoms with Crippen LogP contribution in [0.4, 0.5) is 0 Å². The zero-order chi connectivity index (χ0) is 11.8. The van der Waals surface area contributed by atoms with E-state index in [9.17, 15) is 9.90 Å². The Morgan fingerprint density at radius 1 is 1.24 bits per heavy atom. The number of Topliss-reactive ketones (excluding diaryl/α,β-unsaturated/α-hetero) is 1. The number of piperidine rings is 1. The number of ketones is 1. The maximum Gasteiger partial charge on any atom is 0.136 e. The van der Waals surface area contributed by atoms with Gasteiger partial charge in [0.2, 0.25) is 0 Å². The van der Waals surface area contributed by atoms with Gasteiger partial charge in [-0.15, -0.1) is 0 Å². The van der Waals surface area contributed by atoms with E-state index >= 15 is 0 Å². The summed E-state index contributed by atoms with van der Waals surface area (Å²) in [6.45, 7) is 0.848. The van der Waals surface area contributed by atoms with E-state index in [0.717, 1.165) is 13.0 Å². The van der Waals surface area contributed by atoms with Crippen molar-refractivity contribution in [2.75, 3.05) is 0 Å². The van der Waals surface area contributed by atoms with Gasteiger partial charge in [-0.2, -0.15) is 0 Å². The van der Waals surface area contributed by atoms with Crippen molar-refractivity contribution in [2.45, 2.75) is 44.0 Å². The number of rotatable bonds is 2. The molecule has 17 heavy (non-hydrogen) atoms. The Hall–Kier alpha value is -1.19. The third-order valence-electron chi connectivity index (χ3n) is 3.96. The minimum atomic E-state index is -0.324. The Morgan fingerprint density at radius 2 is 2.00 bits per heavy atom. The van der Waals surface area contributed by atoms with Gasteiger partial charge in [0.1, 0.15) is 5.78 Å². The molecule has 0 aliphatic carbocycles. The van der Waals surface area contributed by atoms with Crippen molar-refractivity contribution in [1.29, 1.82) is 0 Å². The summed E-state index contributed by atoms with van der Waals surface area (Å²) in [6, 6.07) is 10.6. The molecule has 90 valence electrons. The van der Waals surface area contributed by atoms with Gasteiger partial charge in [0.05, 0.1) is 6.10 Å². The van der Waals surface area contributed by atoms with Crippen LogP contribution in [0.25, 0.3) is 0 Å². The first-order chi connectivity index (χ1) is 8.24. The molecule has 3 nitrogen and oxygen atoms in total. The van der Waals surface area contributed by atoms with E-state index in [4.69, 9.17) is 0 Å². The Morgan fingerprint density at radius 3 is 2.71 bits per heavy atom. The van der Waals surface area contributed by atoms with E-state index < -0.39 is 0 Å². The molecule has 0 amide bonds. The topological polar surface area (TPSA) is 40.5 Å². The lowest BCUT2D eigenvalue weighted by Gasteiger charge is -2.34. The first-order valence-electron chi connectivity index (χ1n) is 6.23. The third kappa shape index (κ3) is 2.01. The standard InChI is InChI=1S/C14H17NO2/c16-12-6-11-7-14(17)13(8-12)15(11)9-10-4-2-1-3-5-10/h1-5,11,13-14,17H,6-9H2/t11-,13+,14+/m0/s1. The van der Waals surface area contributed by atoms with E-state index in [1.54, 1.807) is 0 Å². The average molecular weight is 231 g/mol. The number of fused-ring (bicyclic) bond motifs is 2. The van der Waals surface area contributed by atoms with Crippen LogP contribution in [0, 0.1) is 0 Å². The summed E-state index contributed by atoms with van der Waals surface area (Å²) in [5.74, 6) is 0.306. The third-order valence-corrected chi connectivity index (χ3v) is 3.96. The van der Waals surface area contributed by atoms with Crippen molar-refractivity contribution in [1.82, 2.24) is 4.90 Å². The maximum absolute atomic E-state index is 11.5. The van der Waals surface area contributed by atoms with Gasteiger partial charge in [-0.1, -0.05) is 30.3 Å². The van der Waals surface area contributed by atoms with Crippen LogP contribution in [0.1, 0.15) is 24.8 Å². The second kappa shape index (κ2) is 4.24. The van der Waals surface area contributed by atoms with Crippen LogP contribution in [-0.2, 0) is 11.3 Å². The highest BCUT2D eigenvalue weighted by molar-refractivity contribution is 5.81. The van der Waals surface area contributed by atoms with E-state index in [1.165, 1.54) is 5.56 Å². The molecule has 3 atom stereocenters. The predicted octanol–water partition coefficient (Wildman–Crippen LogP) is 1.35. The molecule has 0 radical (unpaired) electrons. The molecular weight excluding hydrogens is 214 g/mol. The molecule has 3 heteroatoms. The van der Waals surface area contributed by atoms with Gasteiger partial charge in [0.15, 0.2) is 0 Å². The first-order valence-corrected chi connectivity index (χ1v) is 6.23. The number of hydrogen-bond acceptors (Lipinski definition) is 3. The van der Waals surface area contributed by atoms with Gasteiger partial charge >= 0.3 is 0 Å². The molecule has 1 aromatic rings. The highest BCUT2D eigenvalue weighted by atomic mass is 16.3. The van der Waals surface area contributed by atoms with Gasteiger partial charge in [-0.05, 0) is 12.0 Å². The summed E-state index contributed by atoms with van der Waals surface area (Å²) in [4.78, 5) is 13.8. The highest BCUT2D eigenvalue weighted by Crippen LogP contribution is 2.35. The maximum atomic E-state index is 11.5. The van der Waals surface area contributed by atoms with Gasteiger partial charge < -0.3 is 5.11 Å². The molecule has 2 saturated heterocycles. The van der Waals surface area contributed by atoms with Crippen LogP contribution in [0.3, 0.4) is 0 Å². The number of aliphatic hydroxyl groups excluding tert-OH is 1. The van der Waals surface area contributed by atoms with Crippen LogP contribution in [0.15, 0.2) is 30.3 Å². The zero-order valence-electron chi connectivity index (χ0n) is 9.75. The lowest BCUT2D eigenvalue weighted by Crippen LogP contribution is -2.44. The van der Waals surface area contributed by atoms with Crippen molar-refractivity contribution in [3.8, 4) is 0 Å². The van der Waals surface area contributed by atoms with Gasteiger partial charge in [0, 0.05) is 31.5 Å². The minimum Gasteiger partial charge on any atom is -0.391 e. The average Bonchev–Trinajstić information content (AvgIpc) is 2.51. The molecule has 1 aromatic carbocycles. The van der Waals surface area contributed by atoms with Crippen molar-refractivity contribution in [3.63, 3.8) is 0 Å². The monoisotopic (exact) mass is 231 g/mol. The van der Waals surface area contributed by atoms with Crippen molar-refractivity contribution < 1.29 is 9.90 Å². The molecule has 0 unspecified atom stereocenters. The number of benzene rings is 1. The molecule has 2 bridgehead atoms. The van der Waals surface area contributed by atoms with Crippen molar-refractivity contribution >= 4 is 5.78 Å². The van der Waals surface area contributed by atoms with E-state index in [1.807, 2.05) is 18.2 Å². The quantitative estimate of drug-likeness (QED) is 0.835. The molecule has 2 aliphatic heterocycles. The normalized spacial score (nSPS) is 33.0. The minimum absolute atomic E-state index is 0.0430. The Labute approximate surface area is 101 Å². The largest absolute Gasteiger partial charge is 0.391 e. The first kappa shape index (κ1) is 10.9. The molecule has 2 heterocycles. The fourth-order valence-corrected chi connectivity index (χ4v) is 3.14. The molecule has 0 spiro atoms. The van der Waals surface area contributed by atoms with Crippen LogP contribution in [0.5, 0.6) is 0 Å². The molecule has 2 fully saturated rings. The second-order valence-corrected chi connectivity index (χ2v) is 5.13. The molecule has 1 N–H and O–H groups in total. The summed E-state index contributed by atoms with van der Waals surface area (Å²) in [5.41, 5.74) is 1.26. The van der Waals surface area contributed by atoms with E-state index in [2.05, 4.69) is 17.0 Å². The molecule has 2 aliphatic rings. The lowest BCUT2D eigenvalue weighted by molar-refractivity contribution is -0.124. The summed E-state index contributed by atoms with van der Waals surface area (Å²) in [5, 5.41) is 9.97. The van der Waals surface area contributed by atoms with Gasteiger partial charge in [-0.3, -0.25) is 9.69 Å². The number of hydrogen-bond donors (Lipinski definition) is 1. The fraction of sp³-hybridized carbons (Fsp3) is 0.500. The van der Waals surface area contributed by atoms with Crippen LogP contribution in [0.2, 0.25) is 0 Å². The molecule has 0 saturated carbocycles. The van der Waals surface area contributed by atoms with Gasteiger partial charge in [-0.25, -0.2) is 0 Å².